The average molecular weight is 295 g/mol. The van der Waals surface area contributed by atoms with Gasteiger partial charge in [-0.15, -0.1) is 0 Å². The minimum absolute atomic E-state index is 0.223. The number of para-hydroxylation sites is 2. The number of esters is 1. The van der Waals surface area contributed by atoms with Crippen molar-refractivity contribution in [1.29, 1.82) is 0 Å². The fourth-order valence-corrected chi connectivity index (χ4v) is 1.83. The van der Waals surface area contributed by atoms with Gasteiger partial charge in [0.25, 0.3) is 0 Å². The van der Waals surface area contributed by atoms with E-state index in [0.29, 0.717) is 11.4 Å². The summed E-state index contributed by atoms with van der Waals surface area (Å²) in [5.41, 5.74) is 2.54. The largest absolute Gasteiger partial charge is 0.421 e. The second kappa shape index (κ2) is 7.22. The molecule has 0 saturated carbocycles. The molecule has 0 atom stereocenters. The fourth-order valence-electron chi connectivity index (χ4n) is 1.83. The Kier molecular flexibility index (Phi) is 5.09. The number of carbonyl (C=O) groups is 2. The van der Waals surface area contributed by atoms with Crippen LogP contribution in [0.3, 0.4) is 0 Å². The number of rotatable bonds is 4. The van der Waals surface area contributed by atoms with Crippen molar-refractivity contribution in [3.63, 3.8) is 0 Å². The third-order valence-electron chi connectivity index (χ3n) is 2.90. The lowest BCUT2D eigenvalue weighted by atomic mass is 10.1. The van der Waals surface area contributed by atoms with Gasteiger partial charge >= 0.3 is 5.97 Å². The van der Waals surface area contributed by atoms with Crippen LogP contribution in [0, 0.1) is 6.92 Å². The summed E-state index contributed by atoms with van der Waals surface area (Å²) >= 11 is 0. The van der Waals surface area contributed by atoms with Crippen LogP contribution in [0.5, 0.6) is 5.75 Å². The summed E-state index contributed by atoms with van der Waals surface area (Å²) in [6, 6.07) is 14.6. The molecule has 22 heavy (non-hydrogen) atoms. The number of amides is 1. The highest BCUT2D eigenvalue weighted by Crippen LogP contribution is 2.23. The molecule has 0 aromatic heterocycles. The quantitative estimate of drug-likeness (QED) is 0.533. The molecule has 0 aliphatic carbocycles. The lowest BCUT2D eigenvalue weighted by Gasteiger charge is -2.08. The zero-order valence-electron chi connectivity index (χ0n) is 12.5. The highest BCUT2D eigenvalue weighted by atomic mass is 16.5. The Morgan fingerprint density at radius 3 is 2.41 bits per heavy atom. The van der Waals surface area contributed by atoms with Crippen LogP contribution >= 0.6 is 0 Å². The van der Waals surface area contributed by atoms with Gasteiger partial charge in [0, 0.05) is 13.0 Å². The van der Waals surface area contributed by atoms with Crippen LogP contribution in [-0.4, -0.2) is 11.9 Å². The van der Waals surface area contributed by atoms with Crippen LogP contribution in [0.25, 0.3) is 6.08 Å². The molecule has 0 bridgehead atoms. The number of ether oxygens (including phenoxy) is 1. The number of hydrogen-bond donors (Lipinski definition) is 1. The van der Waals surface area contributed by atoms with Gasteiger partial charge in [0.2, 0.25) is 5.91 Å². The SMILES string of the molecule is CC(=O)Nc1ccccc1OC(=O)/C=C/c1ccc(C)cc1. The Morgan fingerprint density at radius 1 is 1.05 bits per heavy atom. The maximum Gasteiger partial charge on any atom is 0.336 e. The van der Waals surface area contributed by atoms with E-state index in [-0.39, 0.29) is 5.91 Å². The smallest absolute Gasteiger partial charge is 0.336 e. The standard InChI is InChI=1S/C18H17NO3/c1-13-7-9-15(10-8-13)11-12-18(21)22-17-6-4-3-5-16(17)19-14(2)20/h3-12H,1-2H3,(H,19,20)/b12-11+. The molecule has 0 aliphatic heterocycles. The second-order valence-corrected chi connectivity index (χ2v) is 4.84. The third kappa shape index (κ3) is 4.59. The van der Waals surface area contributed by atoms with E-state index in [1.54, 1.807) is 30.3 Å². The van der Waals surface area contributed by atoms with E-state index < -0.39 is 5.97 Å². The van der Waals surface area contributed by atoms with Crippen LogP contribution in [0.4, 0.5) is 5.69 Å². The van der Waals surface area contributed by atoms with Gasteiger partial charge in [0.1, 0.15) is 0 Å². The highest BCUT2D eigenvalue weighted by molar-refractivity contribution is 5.93. The summed E-state index contributed by atoms with van der Waals surface area (Å²) in [5, 5.41) is 2.62. The zero-order chi connectivity index (χ0) is 15.9. The molecule has 0 radical (unpaired) electrons. The Labute approximate surface area is 129 Å². The summed E-state index contributed by atoms with van der Waals surface area (Å²) in [6.07, 6.45) is 3.04. The van der Waals surface area contributed by atoms with E-state index in [2.05, 4.69) is 5.32 Å². The van der Waals surface area contributed by atoms with Gasteiger partial charge in [-0.25, -0.2) is 4.79 Å². The van der Waals surface area contributed by atoms with Crippen molar-refractivity contribution in [3.05, 3.63) is 65.7 Å². The topological polar surface area (TPSA) is 55.4 Å². The molecular weight excluding hydrogens is 278 g/mol. The zero-order valence-corrected chi connectivity index (χ0v) is 12.5. The lowest BCUT2D eigenvalue weighted by molar-refractivity contribution is -0.129. The lowest BCUT2D eigenvalue weighted by Crippen LogP contribution is -2.10. The van der Waals surface area contributed by atoms with E-state index in [4.69, 9.17) is 4.74 Å². The van der Waals surface area contributed by atoms with Gasteiger partial charge in [0.05, 0.1) is 5.69 Å². The van der Waals surface area contributed by atoms with Gasteiger partial charge in [-0.3, -0.25) is 4.79 Å². The molecule has 0 saturated heterocycles. The van der Waals surface area contributed by atoms with E-state index in [9.17, 15) is 9.59 Å². The van der Waals surface area contributed by atoms with Crippen LogP contribution in [0.15, 0.2) is 54.6 Å². The van der Waals surface area contributed by atoms with E-state index in [1.165, 1.54) is 13.0 Å². The molecule has 112 valence electrons. The monoisotopic (exact) mass is 295 g/mol. The molecule has 0 heterocycles. The molecule has 0 fully saturated rings. The maximum atomic E-state index is 11.9. The van der Waals surface area contributed by atoms with Gasteiger partial charge in [-0.2, -0.15) is 0 Å². The van der Waals surface area contributed by atoms with Crippen molar-refractivity contribution in [3.8, 4) is 5.75 Å². The minimum atomic E-state index is -0.502. The highest BCUT2D eigenvalue weighted by Gasteiger charge is 2.07. The van der Waals surface area contributed by atoms with Crippen molar-refractivity contribution in [2.24, 2.45) is 0 Å². The van der Waals surface area contributed by atoms with Crippen LogP contribution < -0.4 is 10.1 Å². The van der Waals surface area contributed by atoms with E-state index in [0.717, 1.165) is 11.1 Å². The van der Waals surface area contributed by atoms with E-state index >= 15 is 0 Å². The number of benzene rings is 2. The number of aryl methyl sites for hydroxylation is 1. The molecule has 4 heteroatoms. The molecule has 2 aromatic carbocycles. The minimum Gasteiger partial charge on any atom is -0.421 e. The molecular formula is C18H17NO3. The van der Waals surface area contributed by atoms with E-state index in [1.807, 2.05) is 31.2 Å². The van der Waals surface area contributed by atoms with Gasteiger partial charge < -0.3 is 10.1 Å². The number of anilines is 1. The molecule has 0 aliphatic rings. The number of hydrogen-bond acceptors (Lipinski definition) is 3. The van der Waals surface area contributed by atoms with Gasteiger partial charge in [0.15, 0.2) is 5.75 Å². The number of nitrogens with one attached hydrogen (secondary N) is 1. The summed E-state index contributed by atoms with van der Waals surface area (Å²) in [7, 11) is 0. The van der Waals surface area contributed by atoms with Crippen LogP contribution in [-0.2, 0) is 9.59 Å². The Morgan fingerprint density at radius 2 is 1.73 bits per heavy atom. The van der Waals surface area contributed by atoms with Crippen LogP contribution in [0.1, 0.15) is 18.1 Å². The third-order valence-corrected chi connectivity index (χ3v) is 2.90. The molecule has 0 spiro atoms. The number of carbonyl (C=O) groups excluding carboxylic acids is 2. The van der Waals surface area contributed by atoms with Crippen LogP contribution in [0.2, 0.25) is 0 Å². The van der Waals surface area contributed by atoms with Crippen molar-refractivity contribution in [2.45, 2.75) is 13.8 Å². The summed E-state index contributed by atoms with van der Waals surface area (Å²) in [6.45, 7) is 3.40. The fraction of sp³-hybridized carbons (Fsp3) is 0.111. The molecule has 2 rings (SSSR count). The Bertz CT molecular complexity index is 703. The van der Waals surface area contributed by atoms with Gasteiger partial charge in [-0.1, -0.05) is 42.0 Å². The van der Waals surface area contributed by atoms with Crippen molar-refractivity contribution in [2.75, 3.05) is 5.32 Å². The molecule has 1 amide bonds. The second-order valence-electron chi connectivity index (χ2n) is 4.84. The summed E-state index contributed by atoms with van der Waals surface area (Å²) < 4.78 is 5.25. The maximum absolute atomic E-state index is 11.9. The molecule has 2 aromatic rings. The van der Waals surface area contributed by atoms with Crippen molar-refractivity contribution in [1.82, 2.24) is 0 Å². The first-order chi connectivity index (χ1) is 10.5. The first kappa shape index (κ1) is 15.5. The normalized spacial score (nSPS) is 10.5. The molecule has 1 N–H and O–H groups in total. The Hall–Kier alpha value is -2.88. The first-order valence-corrected chi connectivity index (χ1v) is 6.88. The molecule has 0 unspecified atom stereocenters. The molecule has 4 nitrogen and oxygen atoms in total. The predicted molar refractivity (Wildman–Crippen MR) is 86.6 cm³/mol. The van der Waals surface area contributed by atoms with Gasteiger partial charge in [-0.05, 0) is 30.7 Å². The summed E-state index contributed by atoms with van der Waals surface area (Å²) in [4.78, 5) is 23.0. The Balaban J connectivity index is 2.06. The van der Waals surface area contributed by atoms with Crippen molar-refractivity contribution < 1.29 is 14.3 Å². The average Bonchev–Trinajstić information content (AvgIpc) is 2.48. The predicted octanol–water partition coefficient (Wildman–Crippen LogP) is 3.57. The summed E-state index contributed by atoms with van der Waals surface area (Å²) in [5.74, 6) is -0.409. The van der Waals surface area contributed by atoms with Crippen molar-refractivity contribution >= 4 is 23.6 Å². The first-order valence-electron chi connectivity index (χ1n) is 6.88.